The van der Waals surface area contributed by atoms with E-state index in [4.69, 9.17) is 4.98 Å². The molecule has 30 heavy (non-hydrogen) atoms. The van der Waals surface area contributed by atoms with E-state index in [2.05, 4.69) is 45.8 Å². The molecule has 2 fully saturated rings. The van der Waals surface area contributed by atoms with Crippen LogP contribution in [0.1, 0.15) is 38.3 Å². The average Bonchev–Trinajstić information content (AvgIpc) is 3.25. The Morgan fingerprint density at radius 2 is 2.00 bits per heavy atom. The van der Waals surface area contributed by atoms with Crippen LogP contribution < -0.4 is 4.90 Å². The number of hydrogen-bond acceptors (Lipinski definition) is 6. The number of amides is 1. The normalized spacial score (nSPS) is 25.1. The molecule has 2 aromatic rings. The molecule has 0 N–H and O–H groups in total. The molecule has 1 amide bonds. The van der Waals surface area contributed by atoms with Crippen LogP contribution in [0.5, 0.6) is 0 Å². The van der Waals surface area contributed by atoms with Crippen LogP contribution in [0.25, 0.3) is 10.7 Å². The van der Waals surface area contributed by atoms with Gasteiger partial charge in [0.25, 0.3) is 0 Å². The molecular formula is C23H31N5OS. The summed E-state index contributed by atoms with van der Waals surface area (Å²) in [5.74, 6) is 0.699. The predicted molar refractivity (Wildman–Crippen MR) is 121 cm³/mol. The molecule has 1 saturated carbocycles. The molecular weight excluding hydrogens is 394 g/mol. The Balaban J connectivity index is 1.24. The van der Waals surface area contributed by atoms with Crippen molar-refractivity contribution in [1.29, 1.82) is 0 Å². The van der Waals surface area contributed by atoms with E-state index in [9.17, 15) is 4.79 Å². The summed E-state index contributed by atoms with van der Waals surface area (Å²) in [5.41, 5.74) is 3.22. The molecule has 4 heterocycles. The molecule has 0 radical (unpaired) electrons. The SMILES string of the molecule is CC1Cc2nc(-c3nccs3)ccc2N(C)C1CC(=O)N1CCN(C2CCC2)CC1. The van der Waals surface area contributed by atoms with Crippen LogP contribution in [0.2, 0.25) is 0 Å². The van der Waals surface area contributed by atoms with Crippen LogP contribution in [0.4, 0.5) is 5.69 Å². The van der Waals surface area contributed by atoms with Crippen molar-refractivity contribution < 1.29 is 4.79 Å². The fourth-order valence-electron chi connectivity index (χ4n) is 5.17. The number of carbonyl (C=O) groups is 1. The quantitative estimate of drug-likeness (QED) is 0.752. The second-order valence-corrected chi connectivity index (χ2v) is 9.96. The van der Waals surface area contributed by atoms with Gasteiger partial charge in [-0.3, -0.25) is 9.69 Å². The third-order valence-electron chi connectivity index (χ3n) is 7.29. The molecule has 0 aromatic carbocycles. The van der Waals surface area contributed by atoms with Crippen LogP contribution in [0.15, 0.2) is 23.7 Å². The first-order chi connectivity index (χ1) is 14.6. The Kier molecular flexibility index (Phi) is 5.50. The fourth-order valence-corrected chi connectivity index (χ4v) is 5.78. The molecule has 2 unspecified atom stereocenters. The first-order valence-corrected chi connectivity index (χ1v) is 12.1. The molecule has 3 aliphatic rings. The second-order valence-electron chi connectivity index (χ2n) is 9.06. The van der Waals surface area contributed by atoms with Crippen molar-refractivity contribution in [3.8, 4) is 10.7 Å². The van der Waals surface area contributed by atoms with Crippen LogP contribution in [-0.4, -0.2) is 71.0 Å². The largest absolute Gasteiger partial charge is 0.369 e. The molecule has 1 saturated heterocycles. The van der Waals surface area contributed by atoms with Gasteiger partial charge in [0.05, 0.1) is 17.1 Å². The summed E-state index contributed by atoms with van der Waals surface area (Å²) in [6.45, 7) is 6.10. The summed E-state index contributed by atoms with van der Waals surface area (Å²) < 4.78 is 0. The second kappa shape index (κ2) is 8.27. The molecule has 6 nitrogen and oxygen atoms in total. The molecule has 0 spiro atoms. The van der Waals surface area contributed by atoms with E-state index in [1.165, 1.54) is 19.3 Å². The zero-order chi connectivity index (χ0) is 20.7. The number of hydrogen-bond donors (Lipinski definition) is 0. The minimum absolute atomic E-state index is 0.224. The highest BCUT2D eigenvalue weighted by Crippen LogP contribution is 2.35. The van der Waals surface area contributed by atoms with Gasteiger partial charge in [-0.15, -0.1) is 11.3 Å². The Labute approximate surface area is 182 Å². The lowest BCUT2D eigenvalue weighted by atomic mass is 9.87. The highest BCUT2D eigenvalue weighted by molar-refractivity contribution is 7.13. The summed E-state index contributed by atoms with van der Waals surface area (Å²) >= 11 is 1.62. The first kappa shape index (κ1) is 19.9. The van der Waals surface area contributed by atoms with Crippen molar-refractivity contribution in [2.24, 2.45) is 5.92 Å². The Morgan fingerprint density at radius 3 is 2.67 bits per heavy atom. The molecule has 2 aliphatic heterocycles. The van der Waals surface area contributed by atoms with E-state index >= 15 is 0 Å². The lowest BCUT2D eigenvalue weighted by Crippen LogP contribution is -2.54. The van der Waals surface area contributed by atoms with E-state index in [1.807, 2.05) is 11.6 Å². The van der Waals surface area contributed by atoms with Crippen molar-refractivity contribution in [2.75, 3.05) is 38.1 Å². The summed E-state index contributed by atoms with van der Waals surface area (Å²) in [6.07, 6.45) is 7.38. The van der Waals surface area contributed by atoms with Gasteiger partial charge in [-0.05, 0) is 37.3 Å². The van der Waals surface area contributed by atoms with Gasteiger partial charge < -0.3 is 9.80 Å². The Bertz CT molecular complexity index is 889. The number of nitrogens with zero attached hydrogens (tertiary/aromatic N) is 5. The molecule has 2 aromatic heterocycles. The van der Waals surface area contributed by atoms with Gasteiger partial charge >= 0.3 is 0 Å². The maximum absolute atomic E-state index is 13.1. The van der Waals surface area contributed by atoms with Gasteiger partial charge in [0.1, 0.15) is 5.01 Å². The summed E-state index contributed by atoms with van der Waals surface area (Å²) in [7, 11) is 2.12. The fraction of sp³-hybridized carbons (Fsp3) is 0.609. The van der Waals surface area contributed by atoms with E-state index in [0.717, 1.165) is 60.7 Å². The van der Waals surface area contributed by atoms with Crippen LogP contribution in [0.3, 0.4) is 0 Å². The van der Waals surface area contributed by atoms with Gasteiger partial charge in [0.15, 0.2) is 0 Å². The number of thiazole rings is 1. The third kappa shape index (κ3) is 3.73. The Morgan fingerprint density at radius 1 is 1.20 bits per heavy atom. The number of fused-ring (bicyclic) bond motifs is 1. The molecule has 2 atom stereocenters. The number of anilines is 1. The lowest BCUT2D eigenvalue weighted by Gasteiger charge is -2.44. The molecule has 7 heteroatoms. The summed E-state index contributed by atoms with van der Waals surface area (Å²) in [4.78, 5) is 29.4. The smallest absolute Gasteiger partial charge is 0.224 e. The summed E-state index contributed by atoms with van der Waals surface area (Å²) in [6, 6.07) is 5.22. The van der Waals surface area contributed by atoms with Crippen LogP contribution >= 0.6 is 11.3 Å². The van der Waals surface area contributed by atoms with Gasteiger partial charge in [-0.25, -0.2) is 9.97 Å². The zero-order valence-electron chi connectivity index (χ0n) is 18.0. The van der Waals surface area contributed by atoms with Crippen molar-refractivity contribution >= 4 is 22.9 Å². The van der Waals surface area contributed by atoms with E-state index < -0.39 is 0 Å². The standard InChI is InChI=1S/C23H31N5OS/c1-16-14-19-20(7-6-18(25-19)23-24-8-13-30-23)26(2)21(16)15-22(29)28-11-9-27(10-12-28)17-4-3-5-17/h6-8,13,16-17,21H,3-5,9-12,14-15H2,1-2H3. The van der Waals surface area contributed by atoms with Gasteiger partial charge in [-0.1, -0.05) is 13.3 Å². The van der Waals surface area contributed by atoms with Gasteiger partial charge in [0, 0.05) is 63.3 Å². The number of carbonyl (C=O) groups excluding carboxylic acids is 1. The van der Waals surface area contributed by atoms with Crippen molar-refractivity contribution in [3.05, 3.63) is 29.4 Å². The molecule has 160 valence electrons. The maximum Gasteiger partial charge on any atom is 0.224 e. The highest BCUT2D eigenvalue weighted by atomic mass is 32.1. The summed E-state index contributed by atoms with van der Waals surface area (Å²) in [5, 5.41) is 2.95. The number of rotatable bonds is 4. The van der Waals surface area contributed by atoms with Crippen LogP contribution in [-0.2, 0) is 11.2 Å². The monoisotopic (exact) mass is 425 g/mol. The topological polar surface area (TPSA) is 52.6 Å². The zero-order valence-corrected chi connectivity index (χ0v) is 18.8. The van der Waals surface area contributed by atoms with Crippen LogP contribution in [0, 0.1) is 5.92 Å². The van der Waals surface area contributed by atoms with E-state index in [1.54, 1.807) is 11.3 Å². The average molecular weight is 426 g/mol. The molecule has 1 aliphatic carbocycles. The maximum atomic E-state index is 13.1. The van der Waals surface area contributed by atoms with Gasteiger partial charge in [-0.2, -0.15) is 0 Å². The number of piperazine rings is 1. The van der Waals surface area contributed by atoms with Gasteiger partial charge in [0.2, 0.25) is 5.91 Å². The minimum Gasteiger partial charge on any atom is -0.369 e. The minimum atomic E-state index is 0.224. The lowest BCUT2D eigenvalue weighted by molar-refractivity contribution is -0.134. The number of aromatic nitrogens is 2. The highest BCUT2D eigenvalue weighted by Gasteiger charge is 2.35. The van der Waals surface area contributed by atoms with Crippen molar-refractivity contribution in [1.82, 2.24) is 19.8 Å². The van der Waals surface area contributed by atoms with Crippen molar-refractivity contribution in [2.45, 2.75) is 51.1 Å². The first-order valence-electron chi connectivity index (χ1n) is 11.2. The third-order valence-corrected chi connectivity index (χ3v) is 8.09. The number of pyridine rings is 1. The van der Waals surface area contributed by atoms with Crippen molar-refractivity contribution in [3.63, 3.8) is 0 Å². The molecule has 5 rings (SSSR count). The predicted octanol–water partition coefficient (Wildman–Crippen LogP) is 3.29. The van der Waals surface area contributed by atoms with E-state index in [-0.39, 0.29) is 6.04 Å². The Hall–Kier alpha value is -1.99. The van der Waals surface area contributed by atoms with E-state index in [0.29, 0.717) is 18.2 Å². The molecule has 0 bridgehead atoms.